The molecular weight excluding hydrogens is 280 g/mol. The van der Waals surface area contributed by atoms with Crippen molar-refractivity contribution in [2.24, 2.45) is 7.05 Å². The van der Waals surface area contributed by atoms with Gasteiger partial charge in [0, 0.05) is 11.9 Å². The Hall–Kier alpha value is -2.48. The van der Waals surface area contributed by atoms with E-state index in [1.54, 1.807) is 13.1 Å². The quantitative estimate of drug-likeness (QED) is 0.775. The molecule has 1 N–H and O–H groups in total. The summed E-state index contributed by atoms with van der Waals surface area (Å²) in [4.78, 5) is 28.3. The fourth-order valence-corrected chi connectivity index (χ4v) is 2.77. The first-order valence-electron chi connectivity index (χ1n) is 5.75. The van der Waals surface area contributed by atoms with Gasteiger partial charge >= 0.3 is 5.97 Å². The van der Waals surface area contributed by atoms with Crippen LogP contribution in [0.3, 0.4) is 0 Å². The third-order valence-corrected chi connectivity index (χ3v) is 3.97. The minimum Gasteiger partial charge on any atom is -0.477 e. The van der Waals surface area contributed by atoms with Crippen LogP contribution in [0.1, 0.15) is 14.5 Å². The van der Waals surface area contributed by atoms with Crippen molar-refractivity contribution in [1.29, 1.82) is 0 Å². The number of nitrogens with zero attached hydrogens (tertiary/aromatic N) is 4. The van der Waals surface area contributed by atoms with Crippen molar-refractivity contribution in [2.75, 3.05) is 0 Å². The van der Waals surface area contributed by atoms with E-state index in [9.17, 15) is 9.59 Å². The lowest BCUT2D eigenvalue weighted by Gasteiger charge is -2.03. The molecule has 8 heteroatoms. The molecule has 0 saturated heterocycles. The molecule has 0 amide bonds. The normalized spacial score (nSPS) is 11.1. The van der Waals surface area contributed by atoms with Crippen molar-refractivity contribution >= 4 is 28.3 Å². The SMILES string of the molecule is Cn1ncc2c(=O)n(Cc3ccc(C(=O)O)s3)cnc21. The molecule has 20 heavy (non-hydrogen) atoms. The summed E-state index contributed by atoms with van der Waals surface area (Å²) in [7, 11) is 1.72. The van der Waals surface area contributed by atoms with Gasteiger partial charge in [-0.15, -0.1) is 11.3 Å². The van der Waals surface area contributed by atoms with E-state index in [0.29, 0.717) is 17.6 Å². The summed E-state index contributed by atoms with van der Waals surface area (Å²) < 4.78 is 2.98. The number of carboxylic acids is 1. The molecule has 0 atom stereocenters. The fourth-order valence-electron chi connectivity index (χ4n) is 1.92. The Balaban J connectivity index is 2.00. The van der Waals surface area contributed by atoms with E-state index in [1.165, 1.54) is 27.8 Å². The average molecular weight is 290 g/mol. The van der Waals surface area contributed by atoms with Crippen LogP contribution in [0.4, 0.5) is 0 Å². The zero-order chi connectivity index (χ0) is 14.3. The highest BCUT2D eigenvalue weighted by molar-refractivity contribution is 7.13. The van der Waals surface area contributed by atoms with Gasteiger partial charge in [0.25, 0.3) is 5.56 Å². The Morgan fingerprint density at radius 3 is 2.95 bits per heavy atom. The van der Waals surface area contributed by atoms with Gasteiger partial charge in [-0.1, -0.05) is 0 Å². The minimum absolute atomic E-state index is 0.187. The van der Waals surface area contributed by atoms with Crippen LogP contribution in [0.25, 0.3) is 11.0 Å². The third-order valence-electron chi connectivity index (χ3n) is 2.92. The van der Waals surface area contributed by atoms with Crippen LogP contribution >= 0.6 is 11.3 Å². The van der Waals surface area contributed by atoms with E-state index in [1.807, 2.05) is 0 Å². The van der Waals surface area contributed by atoms with E-state index in [-0.39, 0.29) is 10.4 Å². The number of hydrogen-bond acceptors (Lipinski definition) is 5. The summed E-state index contributed by atoms with van der Waals surface area (Å²) in [6, 6.07) is 3.23. The van der Waals surface area contributed by atoms with E-state index in [4.69, 9.17) is 5.11 Å². The number of carbonyl (C=O) groups is 1. The Labute approximate surface area is 116 Å². The highest BCUT2D eigenvalue weighted by Crippen LogP contribution is 2.17. The Morgan fingerprint density at radius 2 is 2.25 bits per heavy atom. The summed E-state index contributed by atoms with van der Waals surface area (Å²) in [5.41, 5.74) is 0.344. The molecule has 0 spiro atoms. The molecule has 7 nitrogen and oxygen atoms in total. The zero-order valence-electron chi connectivity index (χ0n) is 10.5. The summed E-state index contributed by atoms with van der Waals surface area (Å²) in [6.45, 7) is 0.300. The number of aryl methyl sites for hydroxylation is 1. The molecule has 0 saturated carbocycles. The van der Waals surface area contributed by atoms with Crippen LogP contribution in [0, 0.1) is 0 Å². The van der Waals surface area contributed by atoms with Crippen molar-refractivity contribution < 1.29 is 9.90 Å². The van der Waals surface area contributed by atoms with Gasteiger partial charge in [0.05, 0.1) is 12.7 Å². The second-order valence-corrected chi connectivity index (χ2v) is 5.42. The standard InChI is InChI=1S/C12H10N4O3S/c1-15-10-8(4-14-15)11(17)16(6-13-10)5-7-2-3-9(20-7)12(18)19/h2-4,6H,5H2,1H3,(H,18,19). The molecule has 102 valence electrons. The van der Waals surface area contributed by atoms with Crippen LogP contribution in [0.2, 0.25) is 0 Å². The smallest absolute Gasteiger partial charge is 0.345 e. The van der Waals surface area contributed by atoms with Crippen molar-refractivity contribution in [2.45, 2.75) is 6.54 Å². The van der Waals surface area contributed by atoms with Crippen molar-refractivity contribution in [1.82, 2.24) is 19.3 Å². The molecule has 3 heterocycles. The lowest BCUT2D eigenvalue weighted by atomic mass is 10.4. The molecular formula is C12H10N4O3S. The summed E-state index contributed by atoms with van der Waals surface area (Å²) in [5.74, 6) is -0.963. The van der Waals surface area contributed by atoms with E-state index in [0.717, 1.165) is 16.2 Å². The van der Waals surface area contributed by atoms with Crippen LogP contribution in [-0.2, 0) is 13.6 Å². The fraction of sp³-hybridized carbons (Fsp3) is 0.167. The molecule has 0 aliphatic heterocycles. The van der Waals surface area contributed by atoms with Gasteiger partial charge in [-0.3, -0.25) is 14.0 Å². The first kappa shape index (κ1) is 12.5. The van der Waals surface area contributed by atoms with Gasteiger partial charge < -0.3 is 5.11 Å². The number of fused-ring (bicyclic) bond motifs is 1. The van der Waals surface area contributed by atoms with Crippen LogP contribution < -0.4 is 5.56 Å². The molecule has 3 aromatic rings. The Bertz CT molecular complexity index is 861. The van der Waals surface area contributed by atoms with E-state index < -0.39 is 5.97 Å². The molecule has 0 unspecified atom stereocenters. The minimum atomic E-state index is -0.963. The molecule has 0 aliphatic carbocycles. The van der Waals surface area contributed by atoms with Crippen LogP contribution in [0.15, 0.2) is 29.5 Å². The number of carboxylic acid groups (broad SMARTS) is 1. The number of hydrogen-bond donors (Lipinski definition) is 1. The van der Waals surface area contributed by atoms with Gasteiger partial charge in [0.15, 0.2) is 5.65 Å². The number of thiophene rings is 1. The van der Waals surface area contributed by atoms with E-state index in [2.05, 4.69) is 10.1 Å². The molecule has 0 aromatic carbocycles. The van der Waals surface area contributed by atoms with Crippen LogP contribution in [0.5, 0.6) is 0 Å². The molecule has 0 bridgehead atoms. The van der Waals surface area contributed by atoms with Gasteiger partial charge in [-0.2, -0.15) is 5.10 Å². The average Bonchev–Trinajstić information content (AvgIpc) is 3.01. The van der Waals surface area contributed by atoms with Gasteiger partial charge in [0.1, 0.15) is 16.6 Å². The van der Waals surface area contributed by atoms with Gasteiger partial charge in [-0.05, 0) is 12.1 Å². The summed E-state index contributed by atoms with van der Waals surface area (Å²) in [5, 5.41) is 13.3. The zero-order valence-corrected chi connectivity index (χ0v) is 11.3. The summed E-state index contributed by atoms with van der Waals surface area (Å²) in [6.07, 6.45) is 2.94. The third kappa shape index (κ3) is 1.99. The number of aromatic nitrogens is 4. The first-order chi connectivity index (χ1) is 9.56. The van der Waals surface area contributed by atoms with Gasteiger partial charge in [-0.25, -0.2) is 9.78 Å². The van der Waals surface area contributed by atoms with Crippen molar-refractivity contribution in [3.63, 3.8) is 0 Å². The first-order valence-corrected chi connectivity index (χ1v) is 6.57. The second kappa shape index (κ2) is 4.57. The lowest BCUT2D eigenvalue weighted by Crippen LogP contribution is -2.20. The Kier molecular flexibility index (Phi) is 2.87. The molecule has 0 radical (unpaired) electrons. The lowest BCUT2D eigenvalue weighted by molar-refractivity contribution is 0.0702. The predicted molar refractivity (Wildman–Crippen MR) is 73.1 cm³/mol. The molecule has 3 rings (SSSR count). The highest BCUT2D eigenvalue weighted by atomic mass is 32.1. The summed E-state index contributed by atoms with van der Waals surface area (Å²) >= 11 is 1.15. The van der Waals surface area contributed by atoms with E-state index >= 15 is 0 Å². The van der Waals surface area contributed by atoms with Crippen molar-refractivity contribution in [3.05, 3.63) is 44.8 Å². The number of aromatic carboxylic acids is 1. The topological polar surface area (TPSA) is 90.0 Å². The maximum atomic E-state index is 12.2. The van der Waals surface area contributed by atoms with Crippen molar-refractivity contribution in [3.8, 4) is 0 Å². The maximum Gasteiger partial charge on any atom is 0.345 e. The largest absolute Gasteiger partial charge is 0.477 e. The van der Waals surface area contributed by atoms with Gasteiger partial charge in [0.2, 0.25) is 0 Å². The second-order valence-electron chi connectivity index (χ2n) is 4.25. The highest BCUT2D eigenvalue weighted by Gasteiger charge is 2.11. The monoisotopic (exact) mass is 290 g/mol. The van der Waals surface area contributed by atoms with Crippen LogP contribution in [-0.4, -0.2) is 30.4 Å². The predicted octanol–water partition coefficient (Wildman–Crippen LogP) is 0.938. The maximum absolute atomic E-state index is 12.2. The molecule has 3 aromatic heterocycles. The Morgan fingerprint density at radius 1 is 1.45 bits per heavy atom. The molecule has 0 aliphatic rings. The molecule has 0 fully saturated rings. The number of rotatable bonds is 3.